The molecule has 1 aromatic carbocycles. The van der Waals surface area contributed by atoms with Crippen LogP contribution in [0.25, 0.3) is 4.96 Å². The first-order valence-electron chi connectivity index (χ1n) is 10.7. The van der Waals surface area contributed by atoms with Crippen molar-refractivity contribution in [3.05, 3.63) is 87.4 Å². The van der Waals surface area contributed by atoms with Crippen molar-refractivity contribution in [2.75, 3.05) is 23.3 Å². The van der Waals surface area contributed by atoms with Crippen LogP contribution in [0.2, 0.25) is 0 Å². The first kappa shape index (κ1) is 20.4. The molecule has 1 aliphatic rings. The van der Waals surface area contributed by atoms with E-state index >= 15 is 0 Å². The van der Waals surface area contributed by atoms with Crippen LogP contribution in [0.3, 0.4) is 0 Å². The molecule has 1 fully saturated rings. The number of nitrogens with zero attached hydrogens (tertiary/aromatic N) is 4. The van der Waals surface area contributed by atoms with Crippen LogP contribution < -0.4 is 15.8 Å². The van der Waals surface area contributed by atoms with Gasteiger partial charge >= 0.3 is 0 Å². The Balaban J connectivity index is 1.33. The van der Waals surface area contributed by atoms with E-state index in [2.05, 4.69) is 20.2 Å². The minimum absolute atomic E-state index is 0.00605. The first-order chi connectivity index (χ1) is 15.7. The first-order valence-corrected chi connectivity index (χ1v) is 11.6. The van der Waals surface area contributed by atoms with Crippen molar-refractivity contribution in [2.24, 2.45) is 0 Å². The molecule has 0 unspecified atom stereocenters. The summed E-state index contributed by atoms with van der Waals surface area (Å²) in [6, 6.07) is 13.8. The molecule has 1 amide bonds. The van der Waals surface area contributed by atoms with Gasteiger partial charge in [-0.25, -0.2) is 9.97 Å². The maximum Gasteiger partial charge on any atom is 0.271 e. The Hall–Kier alpha value is -3.52. The summed E-state index contributed by atoms with van der Waals surface area (Å²) in [4.78, 5) is 38.3. The maximum absolute atomic E-state index is 12.9. The summed E-state index contributed by atoms with van der Waals surface area (Å²) < 4.78 is 1.45. The molecule has 0 bridgehead atoms. The number of amides is 1. The van der Waals surface area contributed by atoms with Gasteiger partial charge < -0.3 is 10.2 Å². The summed E-state index contributed by atoms with van der Waals surface area (Å²) >= 11 is 1.45. The van der Waals surface area contributed by atoms with Gasteiger partial charge in [0.1, 0.15) is 11.4 Å². The predicted molar refractivity (Wildman–Crippen MR) is 127 cm³/mol. The lowest BCUT2D eigenvalue weighted by atomic mass is 10.1. The second-order valence-corrected chi connectivity index (χ2v) is 8.99. The second kappa shape index (κ2) is 8.92. The van der Waals surface area contributed by atoms with E-state index in [0.29, 0.717) is 17.2 Å². The van der Waals surface area contributed by atoms with Crippen LogP contribution in [0.1, 0.15) is 40.1 Å². The highest BCUT2D eigenvalue weighted by Crippen LogP contribution is 2.21. The standard InChI is InChI=1S/C24H23N5O2S/c30-22(27-21-10-9-18(14-25-21)28-11-5-2-6-12-28)20-15-26-24-29(23(20)31)16-19(32-24)13-17-7-3-1-4-8-17/h1,3-4,7-10,14-16H,2,5-6,11-13H2,(H,25,27,30). The number of pyridine rings is 1. The van der Waals surface area contributed by atoms with Crippen LogP contribution in [-0.2, 0) is 6.42 Å². The number of thiazole rings is 1. The zero-order chi connectivity index (χ0) is 21.9. The van der Waals surface area contributed by atoms with Gasteiger partial charge in [-0.1, -0.05) is 30.3 Å². The molecule has 0 atom stereocenters. The normalized spacial score (nSPS) is 13.9. The number of carbonyl (C=O) groups is 1. The zero-order valence-corrected chi connectivity index (χ0v) is 18.3. The molecular weight excluding hydrogens is 422 g/mol. The fourth-order valence-corrected chi connectivity index (χ4v) is 4.92. The minimum atomic E-state index is -0.508. The smallest absolute Gasteiger partial charge is 0.271 e. The maximum atomic E-state index is 12.9. The Kier molecular flexibility index (Phi) is 5.68. The Morgan fingerprint density at radius 1 is 1.00 bits per heavy atom. The largest absolute Gasteiger partial charge is 0.370 e. The van der Waals surface area contributed by atoms with Crippen LogP contribution in [0, 0.1) is 0 Å². The fraction of sp³-hybridized carbons (Fsp3) is 0.250. The Bertz CT molecular complexity index is 1290. The third-order valence-electron chi connectivity index (χ3n) is 5.63. The van der Waals surface area contributed by atoms with Gasteiger partial charge in [0.2, 0.25) is 0 Å². The lowest BCUT2D eigenvalue weighted by molar-refractivity contribution is 0.102. The van der Waals surface area contributed by atoms with Crippen LogP contribution >= 0.6 is 11.3 Å². The molecule has 0 aliphatic carbocycles. The Morgan fingerprint density at radius 2 is 1.81 bits per heavy atom. The minimum Gasteiger partial charge on any atom is -0.370 e. The summed E-state index contributed by atoms with van der Waals surface area (Å²) in [5.74, 6) is -0.0960. The zero-order valence-electron chi connectivity index (χ0n) is 17.5. The van der Waals surface area contributed by atoms with Gasteiger partial charge in [-0.2, -0.15) is 0 Å². The third kappa shape index (κ3) is 4.27. The van der Waals surface area contributed by atoms with Crippen molar-refractivity contribution in [3.8, 4) is 0 Å². The number of rotatable bonds is 5. The number of benzene rings is 1. The molecule has 162 valence electrons. The van der Waals surface area contributed by atoms with E-state index in [4.69, 9.17) is 0 Å². The van der Waals surface area contributed by atoms with Gasteiger partial charge in [-0.05, 0) is 37.0 Å². The molecule has 7 nitrogen and oxygen atoms in total. The van der Waals surface area contributed by atoms with Crippen LogP contribution in [0.15, 0.2) is 65.8 Å². The molecule has 0 saturated carbocycles. The number of anilines is 2. The molecule has 3 aromatic heterocycles. The number of carbonyl (C=O) groups excluding carboxylic acids is 1. The molecular formula is C24H23N5O2S. The summed E-state index contributed by atoms with van der Waals surface area (Å²) in [5.41, 5.74) is 1.82. The SMILES string of the molecule is O=C(Nc1ccc(N2CCCCC2)cn1)c1cnc2sc(Cc3ccccc3)cn2c1=O. The highest BCUT2D eigenvalue weighted by Gasteiger charge is 2.17. The van der Waals surface area contributed by atoms with Gasteiger partial charge in [0.25, 0.3) is 11.5 Å². The van der Waals surface area contributed by atoms with Crippen molar-refractivity contribution in [3.63, 3.8) is 0 Å². The summed E-state index contributed by atoms with van der Waals surface area (Å²) in [6.07, 6.45) is 9.24. The number of aromatic nitrogens is 3. The van der Waals surface area contributed by atoms with Crippen LogP contribution in [0.5, 0.6) is 0 Å². The van der Waals surface area contributed by atoms with Crippen molar-refractivity contribution >= 4 is 33.7 Å². The summed E-state index contributed by atoms with van der Waals surface area (Å²) in [5, 5.41) is 2.72. The molecule has 5 rings (SSSR count). The number of hydrogen-bond acceptors (Lipinski definition) is 6. The lowest BCUT2D eigenvalue weighted by Gasteiger charge is -2.28. The van der Waals surface area contributed by atoms with Crippen molar-refractivity contribution in [1.29, 1.82) is 0 Å². The van der Waals surface area contributed by atoms with E-state index < -0.39 is 5.91 Å². The quantitative estimate of drug-likeness (QED) is 0.503. The van der Waals surface area contributed by atoms with Gasteiger partial charge in [0, 0.05) is 36.8 Å². The number of hydrogen-bond donors (Lipinski definition) is 1. The van der Waals surface area contributed by atoms with Gasteiger partial charge in [0.15, 0.2) is 4.96 Å². The second-order valence-electron chi connectivity index (χ2n) is 7.89. The highest BCUT2D eigenvalue weighted by atomic mass is 32.1. The molecule has 1 saturated heterocycles. The van der Waals surface area contributed by atoms with Crippen LogP contribution in [-0.4, -0.2) is 33.4 Å². The van der Waals surface area contributed by atoms with Gasteiger partial charge in [-0.3, -0.25) is 14.0 Å². The Labute approximate surface area is 189 Å². The monoisotopic (exact) mass is 445 g/mol. The van der Waals surface area contributed by atoms with E-state index in [1.54, 1.807) is 18.5 Å². The van der Waals surface area contributed by atoms with Crippen molar-refractivity contribution in [1.82, 2.24) is 14.4 Å². The molecule has 0 radical (unpaired) electrons. The summed E-state index contributed by atoms with van der Waals surface area (Å²) in [7, 11) is 0. The van der Waals surface area contributed by atoms with E-state index in [1.807, 2.05) is 36.4 Å². The molecule has 4 heterocycles. The predicted octanol–water partition coefficient (Wildman–Crippen LogP) is 3.98. The number of fused-ring (bicyclic) bond motifs is 1. The molecule has 32 heavy (non-hydrogen) atoms. The highest BCUT2D eigenvalue weighted by molar-refractivity contribution is 7.17. The number of nitrogens with one attached hydrogen (secondary N) is 1. The lowest BCUT2D eigenvalue weighted by Crippen LogP contribution is -2.29. The third-order valence-corrected chi connectivity index (χ3v) is 6.63. The van der Waals surface area contributed by atoms with E-state index in [-0.39, 0.29) is 11.1 Å². The van der Waals surface area contributed by atoms with E-state index in [9.17, 15) is 9.59 Å². The van der Waals surface area contributed by atoms with Crippen molar-refractivity contribution in [2.45, 2.75) is 25.7 Å². The molecule has 1 aliphatic heterocycles. The van der Waals surface area contributed by atoms with Gasteiger partial charge in [0.05, 0.1) is 11.9 Å². The molecule has 1 N–H and O–H groups in total. The van der Waals surface area contributed by atoms with Crippen LogP contribution in [0.4, 0.5) is 11.5 Å². The average Bonchev–Trinajstić information content (AvgIpc) is 3.24. The fourth-order valence-electron chi connectivity index (χ4n) is 3.95. The van der Waals surface area contributed by atoms with E-state index in [1.165, 1.54) is 41.2 Å². The topological polar surface area (TPSA) is 79.6 Å². The van der Waals surface area contributed by atoms with E-state index in [0.717, 1.165) is 29.2 Å². The Morgan fingerprint density at radius 3 is 2.56 bits per heavy atom. The van der Waals surface area contributed by atoms with Crippen molar-refractivity contribution < 1.29 is 4.79 Å². The molecule has 4 aromatic rings. The molecule has 8 heteroatoms. The summed E-state index contributed by atoms with van der Waals surface area (Å²) in [6.45, 7) is 2.06. The average molecular weight is 446 g/mol. The number of piperidine rings is 1. The molecule has 0 spiro atoms. The van der Waals surface area contributed by atoms with Gasteiger partial charge in [-0.15, -0.1) is 11.3 Å².